The Kier molecular flexibility index (Phi) is 6.08. The van der Waals surface area contributed by atoms with Gasteiger partial charge in [-0.15, -0.1) is 13.2 Å². The molecule has 0 aromatic heterocycles. The predicted molar refractivity (Wildman–Crippen MR) is 120 cm³/mol. The van der Waals surface area contributed by atoms with Gasteiger partial charge in [0, 0.05) is 43.8 Å². The Bertz CT molecular complexity index is 1070. The second-order valence-electron chi connectivity index (χ2n) is 12.0. The summed E-state index contributed by atoms with van der Waals surface area (Å²) in [5.41, 5.74) is -2.36. The average molecular weight is 547 g/mol. The molecular formula is C24H30F4N4O6. The number of nitrogens with one attached hydrogen (secondary N) is 3. The summed E-state index contributed by atoms with van der Waals surface area (Å²) in [6.07, 6.45) is -4.54. The van der Waals surface area contributed by atoms with E-state index in [0.717, 1.165) is 4.90 Å². The van der Waals surface area contributed by atoms with Crippen molar-refractivity contribution in [3.8, 4) is 0 Å². The molecule has 0 radical (unpaired) electrons. The number of halogens is 4. The number of rotatable bonds is 8. The van der Waals surface area contributed by atoms with Crippen LogP contribution < -0.4 is 16.0 Å². The lowest BCUT2D eigenvalue weighted by atomic mass is 9.47. The number of likely N-dealkylation sites (tertiary alicyclic amines) is 1. The summed E-state index contributed by atoms with van der Waals surface area (Å²) in [6.45, 7) is 2.89. The molecule has 14 heteroatoms. The van der Waals surface area contributed by atoms with Crippen LogP contribution in [0.1, 0.15) is 46.0 Å². The first-order valence-corrected chi connectivity index (χ1v) is 12.7. The number of alkyl halides is 4. The van der Waals surface area contributed by atoms with Crippen LogP contribution in [0.4, 0.5) is 17.6 Å². The minimum absolute atomic E-state index is 0.0950. The molecule has 6 aliphatic rings. The van der Waals surface area contributed by atoms with Gasteiger partial charge in [-0.05, 0) is 30.1 Å². The van der Waals surface area contributed by atoms with Crippen LogP contribution in [0, 0.1) is 23.2 Å². The highest BCUT2D eigenvalue weighted by molar-refractivity contribution is 6.35. The molecule has 2 heterocycles. The van der Waals surface area contributed by atoms with Gasteiger partial charge < -0.3 is 20.9 Å². The number of hydrogen-bond donors (Lipinski definition) is 3. The van der Waals surface area contributed by atoms with Crippen molar-refractivity contribution >= 4 is 29.4 Å². The fourth-order valence-electron chi connectivity index (χ4n) is 6.95. The minimum atomic E-state index is -5.07. The number of piperidine rings is 1. The lowest BCUT2D eigenvalue weighted by Crippen LogP contribution is -2.77. The average Bonchev–Trinajstić information content (AvgIpc) is 3.14. The molecule has 2 aliphatic heterocycles. The Morgan fingerprint density at radius 3 is 2.39 bits per heavy atom. The number of ether oxygens (including phenoxy) is 1. The summed E-state index contributed by atoms with van der Waals surface area (Å²) in [4.78, 5) is 65.1. The summed E-state index contributed by atoms with van der Waals surface area (Å²) in [6, 6.07) is -2.60. The number of amides is 4. The van der Waals surface area contributed by atoms with Crippen molar-refractivity contribution in [1.29, 1.82) is 0 Å². The maximum absolute atomic E-state index is 13.8. The lowest BCUT2D eigenvalue weighted by Gasteiger charge is -2.65. The van der Waals surface area contributed by atoms with Crippen molar-refractivity contribution in [2.45, 2.75) is 75.6 Å². The topological polar surface area (TPSA) is 134 Å². The van der Waals surface area contributed by atoms with Crippen molar-refractivity contribution in [1.82, 2.24) is 20.9 Å². The van der Waals surface area contributed by atoms with Crippen molar-refractivity contribution in [3.63, 3.8) is 0 Å². The molecular weight excluding hydrogens is 516 g/mol. The summed E-state index contributed by atoms with van der Waals surface area (Å²) in [5, 5.41) is 7.62. The van der Waals surface area contributed by atoms with Crippen LogP contribution in [-0.2, 0) is 28.7 Å². The third kappa shape index (κ3) is 4.64. The van der Waals surface area contributed by atoms with Crippen LogP contribution in [0.2, 0.25) is 0 Å². The molecule has 10 nitrogen and oxygen atoms in total. The Morgan fingerprint density at radius 2 is 1.84 bits per heavy atom. The van der Waals surface area contributed by atoms with E-state index >= 15 is 0 Å². The minimum Gasteiger partial charge on any atom is -0.356 e. The number of fused-ring (bicyclic) bond motifs is 1. The molecule has 4 saturated carbocycles. The van der Waals surface area contributed by atoms with Gasteiger partial charge in [0.25, 0.3) is 0 Å². The molecule has 4 aliphatic carbocycles. The molecule has 0 aromatic carbocycles. The zero-order valence-electron chi connectivity index (χ0n) is 21.0. The van der Waals surface area contributed by atoms with Crippen LogP contribution in [0.3, 0.4) is 0 Å². The number of carbonyl (C=O) groups excluding carboxylic acids is 5. The Labute approximate surface area is 215 Å². The zero-order valence-corrected chi connectivity index (χ0v) is 21.0. The van der Waals surface area contributed by atoms with Crippen molar-refractivity contribution < 1.29 is 46.3 Å². The molecule has 1 unspecified atom stereocenters. The van der Waals surface area contributed by atoms with Crippen LogP contribution in [-0.4, -0.2) is 83.7 Å². The van der Waals surface area contributed by atoms with Gasteiger partial charge in [-0.25, -0.2) is 4.39 Å². The van der Waals surface area contributed by atoms with E-state index in [2.05, 4.69) is 20.7 Å². The van der Waals surface area contributed by atoms with Crippen LogP contribution in [0.15, 0.2) is 0 Å². The third-order valence-corrected chi connectivity index (χ3v) is 9.04. The molecule has 6 fully saturated rings. The number of nitrogens with zero attached hydrogens (tertiary/aromatic N) is 1. The van der Waals surface area contributed by atoms with E-state index in [0.29, 0.717) is 13.0 Å². The summed E-state index contributed by atoms with van der Waals surface area (Å²) < 4.78 is 55.1. The van der Waals surface area contributed by atoms with Crippen LogP contribution in [0.25, 0.3) is 0 Å². The second-order valence-corrected chi connectivity index (χ2v) is 12.0. The fraction of sp³-hybridized carbons (Fsp3) is 0.792. The Morgan fingerprint density at radius 1 is 1.18 bits per heavy atom. The van der Waals surface area contributed by atoms with Gasteiger partial charge in [0.15, 0.2) is 5.78 Å². The van der Waals surface area contributed by atoms with Gasteiger partial charge >= 0.3 is 18.2 Å². The first-order chi connectivity index (χ1) is 17.5. The maximum atomic E-state index is 13.8. The smallest absolute Gasteiger partial charge is 0.356 e. The maximum Gasteiger partial charge on any atom is 0.522 e. The monoisotopic (exact) mass is 546 g/mol. The molecule has 2 saturated heterocycles. The predicted octanol–water partition coefficient (Wildman–Crippen LogP) is 0.347. The van der Waals surface area contributed by atoms with E-state index in [4.69, 9.17) is 0 Å². The van der Waals surface area contributed by atoms with Crippen molar-refractivity contribution in [2.75, 3.05) is 19.7 Å². The van der Waals surface area contributed by atoms with Gasteiger partial charge in [0.05, 0.1) is 6.04 Å². The van der Waals surface area contributed by atoms with Gasteiger partial charge in [-0.2, -0.15) is 0 Å². The first-order valence-electron chi connectivity index (χ1n) is 12.7. The number of carbonyl (C=O) groups is 5. The molecule has 210 valence electrons. The molecule has 3 N–H and O–H groups in total. The molecule has 0 spiro atoms. The first kappa shape index (κ1) is 26.8. The van der Waals surface area contributed by atoms with Crippen molar-refractivity contribution in [3.05, 3.63) is 0 Å². The van der Waals surface area contributed by atoms with Gasteiger partial charge in [0.2, 0.25) is 11.8 Å². The van der Waals surface area contributed by atoms with E-state index in [9.17, 15) is 41.5 Å². The number of Topliss-reactive ketones (excluding diaryl/α,β-unsaturated/α-hetero) is 1. The van der Waals surface area contributed by atoms with Crippen molar-refractivity contribution in [2.24, 2.45) is 23.2 Å². The molecule has 4 amide bonds. The summed E-state index contributed by atoms with van der Waals surface area (Å²) in [5.74, 6) is -5.26. The normalized spacial score (nSPS) is 36.8. The molecule has 2 bridgehead atoms. The van der Waals surface area contributed by atoms with E-state index in [1.807, 2.05) is 13.8 Å². The largest absolute Gasteiger partial charge is 0.522 e. The highest BCUT2D eigenvalue weighted by Gasteiger charge is 2.72. The van der Waals surface area contributed by atoms with Crippen LogP contribution >= 0.6 is 0 Å². The highest BCUT2D eigenvalue weighted by Crippen LogP contribution is 2.65. The standard InChI is InChI=1S/C24H30F4N4O6/c1-21(2)12-6-32(20(37)19(36)31-23-8-22(25,9-23)10-23)16(15(12)21)18(35)30-13(5-11-3-4-29-17(11)34)14(33)7-38-24(26,27)28/h11-13,15-16H,3-10H2,1-2H3,(H,29,34)(H,30,35)(H,31,36)/t11-,12-,13?,15-,16-,22?,23?/m0/s1. The van der Waals surface area contributed by atoms with Gasteiger partial charge in [-0.3, -0.25) is 28.7 Å². The van der Waals surface area contributed by atoms with Gasteiger partial charge in [0.1, 0.15) is 18.3 Å². The molecule has 6 rings (SSSR count). The zero-order chi connectivity index (χ0) is 27.8. The van der Waals surface area contributed by atoms with E-state index in [1.54, 1.807) is 0 Å². The quantitative estimate of drug-likeness (QED) is 0.297. The lowest BCUT2D eigenvalue weighted by molar-refractivity contribution is -0.321. The highest BCUT2D eigenvalue weighted by atomic mass is 19.4. The Hall–Kier alpha value is -2.77. The number of ketones is 1. The van der Waals surface area contributed by atoms with Crippen LogP contribution in [0.5, 0.6) is 0 Å². The van der Waals surface area contributed by atoms with E-state index in [-0.39, 0.29) is 55.4 Å². The fourth-order valence-corrected chi connectivity index (χ4v) is 6.95. The SMILES string of the molecule is CC1(C)[C@@H]2[C@@H](C(=O)NC(C[C@@H]3CCNC3=O)C(=O)COC(F)(F)F)N(C(=O)C(=O)NC34CC(F)(C3)C4)C[C@@H]21. The molecule has 38 heavy (non-hydrogen) atoms. The van der Waals surface area contributed by atoms with E-state index in [1.165, 1.54) is 0 Å². The molecule has 5 atom stereocenters. The molecule has 0 aromatic rings. The third-order valence-electron chi connectivity index (χ3n) is 9.04. The summed E-state index contributed by atoms with van der Waals surface area (Å²) in [7, 11) is 0. The summed E-state index contributed by atoms with van der Waals surface area (Å²) >= 11 is 0. The second kappa shape index (κ2) is 8.62. The Balaban J connectivity index is 1.29. The van der Waals surface area contributed by atoms with E-state index < -0.39 is 65.7 Å². The van der Waals surface area contributed by atoms with Gasteiger partial charge in [-0.1, -0.05) is 13.8 Å². The number of hydrogen-bond acceptors (Lipinski definition) is 6.